The molecule has 7 rings (SSSR count). The minimum absolute atomic E-state index is 0.00711. The molecule has 1 aromatic heterocycles. The van der Waals surface area contributed by atoms with Crippen molar-refractivity contribution in [1.29, 1.82) is 0 Å². The van der Waals surface area contributed by atoms with Gasteiger partial charge in [0, 0.05) is 20.1 Å². The van der Waals surface area contributed by atoms with Gasteiger partial charge in [-0.3, -0.25) is 19.2 Å². The Hall–Kier alpha value is -5.70. The second-order valence-electron chi connectivity index (χ2n) is 14.7. The number of nitrogens with one attached hydrogen (secondary N) is 1. The maximum atomic E-state index is 15.2. The van der Waals surface area contributed by atoms with Gasteiger partial charge < -0.3 is 34.4 Å². The lowest BCUT2D eigenvalue weighted by atomic mass is 9.70. The summed E-state index contributed by atoms with van der Waals surface area (Å²) >= 11 is 0. The number of aliphatic hydroxyl groups is 1. The van der Waals surface area contributed by atoms with Gasteiger partial charge in [0.05, 0.1) is 48.8 Å². The number of carbonyl (C=O) groups is 4. The molecule has 3 fully saturated rings. The number of esters is 1. The Kier molecular flexibility index (Phi) is 11.9. The van der Waals surface area contributed by atoms with Crippen molar-refractivity contribution >= 4 is 34.7 Å². The van der Waals surface area contributed by atoms with E-state index in [1.54, 1.807) is 65.4 Å². The highest BCUT2D eigenvalue weighted by molar-refractivity contribution is 5.98. The van der Waals surface area contributed by atoms with Crippen molar-refractivity contribution in [2.45, 2.75) is 68.3 Å². The van der Waals surface area contributed by atoms with Gasteiger partial charge in [-0.15, -0.1) is 18.3 Å². The van der Waals surface area contributed by atoms with Gasteiger partial charge >= 0.3 is 5.97 Å². The molecule has 4 heterocycles. The first-order chi connectivity index (χ1) is 27.8. The van der Waals surface area contributed by atoms with Crippen LogP contribution >= 0.6 is 0 Å². The van der Waals surface area contributed by atoms with Crippen molar-refractivity contribution in [1.82, 2.24) is 30.1 Å². The zero-order valence-corrected chi connectivity index (χ0v) is 31.9. The highest BCUT2D eigenvalue weighted by Crippen LogP contribution is 2.60. The number of fused-ring (bicyclic) bond motifs is 2. The third-order valence-corrected chi connectivity index (χ3v) is 11.3. The molecule has 0 unspecified atom stereocenters. The van der Waals surface area contributed by atoms with E-state index in [-0.39, 0.29) is 32.1 Å². The first-order valence-electron chi connectivity index (χ1n) is 19.2. The molecule has 0 aliphatic carbocycles. The average molecular weight is 777 g/mol. The molecular formula is C43H48N6O8. The van der Waals surface area contributed by atoms with E-state index >= 15 is 9.59 Å². The largest absolute Gasteiger partial charge is 0.455 e. The number of amides is 3. The van der Waals surface area contributed by atoms with Gasteiger partial charge in [0.1, 0.15) is 29.9 Å². The van der Waals surface area contributed by atoms with Crippen LogP contribution in [0, 0.1) is 11.8 Å². The Morgan fingerprint density at radius 2 is 1.74 bits per heavy atom. The van der Waals surface area contributed by atoms with Crippen molar-refractivity contribution < 1.29 is 38.5 Å². The molecule has 0 radical (unpaired) electrons. The van der Waals surface area contributed by atoms with Gasteiger partial charge in [-0.05, 0) is 42.5 Å². The molecular weight excluding hydrogens is 729 g/mol. The fourth-order valence-corrected chi connectivity index (χ4v) is 8.86. The Bertz CT molecular complexity index is 2090. The molecule has 8 atom stereocenters. The monoisotopic (exact) mass is 776 g/mol. The van der Waals surface area contributed by atoms with Crippen molar-refractivity contribution in [3.8, 4) is 0 Å². The molecule has 3 aliphatic heterocycles. The number of methoxy groups -OCH3 is 1. The number of nitrogens with zero attached hydrogens (tertiary/aromatic N) is 5. The molecule has 14 nitrogen and oxygen atoms in total. The second kappa shape index (κ2) is 17.2. The van der Waals surface area contributed by atoms with Crippen LogP contribution in [0.1, 0.15) is 49.0 Å². The zero-order valence-electron chi connectivity index (χ0n) is 31.9. The molecule has 2 bridgehead atoms. The molecule has 298 valence electrons. The number of aliphatic hydroxyl groups excluding tert-OH is 1. The number of allylic oxidation sites excluding steroid dienone is 1. The minimum atomic E-state index is -1.42. The van der Waals surface area contributed by atoms with Gasteiger partial charge in [0.15, 0.2) is 0 Å². The number of likely N-dealkylation sites (tertiary alicyclic amines) is 1. The first kappa shape index (κ1) is 39.5. The van der Waals surface area contributed by atoms with E-state index < -0.39 is 72.2 Å². The van der Waals surface area contributed by atoms with Crippen LogP contribution in [0.2, 0.25) is 0 Å². The fraction of sp³-hybridized carbons (Fsp3) is 0.395. The van der Waals surface area contributed by atoms with E-state index in [2.05, 4.69) is 28.8 Å². The minimum Gasteiger partial charge on any atom is -0.455 e. The standard InChI is InChI=1S/C43H48N6O8/c1-4-6-21-35(51)44-31(26-55-3)38(29-17-11-8-12-18-29)56-42(54)36-34-22-23-43(57-34)37(36)40(52)49(33(25-50)28-15-9-7-10-16-28)39(43)41(53)47(24-5-2)27-48-32-20-14-13-19-30(32)45-46-48/h4-5,7-20,31,33-34,36-39,50H,1-2,6,21-27H2,3H3,(H,44,51)/t31-,33+,34+,36-,37-,38-,39+,43-/m0/s1. The smallest absolute Gasteiger partial charge is 0.313 e. The lowest BCUT2D eigenvalue weighted by Gasteiger charge is -2.39. The maximum absolute atomic E-state index is 15.2. The van der Waals surface area contributed by atoms with E-state index in [1.807, 2.05) is 36.4 Å². The number of carbonyl (C=O) groups excluding carboxylic acids is 4. The molecule has 0 saturated carbocycles. The summed E-state index contributed by atoms with van der Waals surface area (Å²) < 4.78 is 20.2. The predicted octanol–water partition coefficient (Wildman–Crippen LogP) is 3.89. The summed E-state index contributed by atoms with van der Waals surface area (Å²) in [5, 5.41) is 22.5. The molecule has 3 saturated heterocycles. The summed E-state index contributed by atoms with van der Waals surface area (Å²) in [4.78, 5) is 61.0. The number of rotatable bonds is 18. The van der Waals surface area contributed by atoms with Crippen LogP contribution in [0.5, 0.6) is 0 Å². The van der Waals surface area contributed by atoms with E-state index in [0.29, 0.717) is 41.4 Å². The summed E-state index contributed by atoms with van der Waals surface area (Å²) in [6, 6.07) is 22.5. The quantitative estimate of drug-likeness (QED) is 0.112. The van der Waals surface area contributed by atoms with Crippen LogP contribution in [0.25, 0.3) is 11.0 Å². The van der Waals surface area contributed by atoms with Gasteiger partial charge in [-0.25, -0.2) is 4.68 Å². The third-order valence-electron chi connectivity index (χ3n) is 11.3. The number of aromatic nitrogens is 3. The van der Waals surface area contributed by atoms with Crippen molar-refractivity contribution in [3.05, 3.63) is 121 Å². The van der Waals surface area contributed by atoms with Gasteiger partial charge in [0.25, 0.3) is 0 Å². The molecule has 3 aromatic carbocycles. The van der Waals surface area contributed by atoms with Crippen LogP contribution < -0.4 is 5.32 Å². The fourth-order valence-electron chi connectivity index (χ4n) is 8.86. The Balaban J connectivity index is 1.26. The number of hydrogen-bond donors (Lipinski definition) is 2. The predicted molar refractivity (Wildman–Crippen MR) is 209 cm³/mol. The first-order valence-corrected chi connectivity index (χ1v) is 19.2. The Morgan fingerprint density at radius 3 is 2.42 bits per heavy atom. The number of hydrogen-bond acceptors (Lipinski definition) is 10. The Morgan fingerprint density at radius 1 is 1.04 bits per heavy atom. The van der Waals surface area contributed by atoms with Gasteiger partial charge in [0.2, 0.25) is 17.7 Å². The van der Waals surface area contributed by atoms with Crippen molar-refractivity contribution in [2.75, 3.05) is 26.9 Å². The third kappa shape index (κ3) is 7.47. The van der Waals surface area contributed by atoms with E-state index in [9.17, 15) is 14.7 Å². The summed E-state index contributed by atoms with van der Waals surface area (Å²) in [7, 11) is 1.49. The van der Waals surface area contributed by atoms with Crippen LogP contribution in [0.3, 0.4) is 0 Å². The SMILES string of the molecule is C=CCCC(=O)N[C@@H](COC)[C@@H](OC(=O)[C@@H]1[C@H]2C(=O)N([C@H](CO)c3ccccc3)[C@H](C(=O)N(CC=C)Cn3nnc4ccccc43)[C@]23CC[C@H]1O3)c1ccccc1. The van der Waals surface area contributed by atoms with E-state index in [4.69, 9.17) is 14.2 Å². The summed E-state index contributed by atoms with van der Waals surface area (Å²) in [6.07, 6.45) is 2.89. The lowest BCUT2D eigenvalue weighted by molar-refractivity contribution is -0.163. The topological polar surface area (TPSA) is 165 Å². The molecule has 2 N–H and O–H groups in total. The van der Waals surface area contributed by atoms with Crippen molar-refractivity contribution in [3.63, 3.8) is 0 Å². The zero-order chi connectivity index (χ0) is 40.1. The highest BCUT2D eigenvalue weighted by Gasteiger charge is 2.76. The number of benzene rings is 3. The molecule has 4 aromatic rings. The lowest BCUT2D eigenvalue weighted by Crippen LogP contribution is -2.57. The van der Waals surface area contributed by atoms with Gasteiger partial charge in [-0.2, -0.15) is 0 Å². The van der Waals surface area contributed by atoms with Crippen LogP contribution in [-0.2, 0) is 40.1 Å². The molecule has 3 aliphatic rings. The molecule has 14 heteroatoms. The maximum Gasteiger partial charge on any atom is 0.313 e. The number of para-hydroxylation sites is 1. The van der Waals surface area contributed by atoms with E-state index in [1.165, 1.54) is 16.9 Å². The normalized spacial score (nSPS) is 23.8. The molecule has 3 amide bonds. The van der Waals surface area contributed by atoms with Gasteiger partial charge in [-0.1, -0.05) is 90.2 Å². The van der Waals surface area contributed by atoms with Crippen LogP contribution in [0.4, 0.5) is 0 Å². The van der Waals surface area contributed by atoms with Crippen molar-refractivity contribution in [2.24, 2.45) is 11.8 Å². The highest BCUT2D eigenvalue weighted by atomic mass is 16.6. The van der Waals surface area contributed by atoms with E-state index in [0.717, 1.165) is 0 Å². The second-order valence-corrected chi connectivity index (χ2v) is 14.7. The molecule has 57 heavy (non-hydrogen) atoms. The Labute approximate surface area is 331 Å². The summed E-state index contributed by atoms with van der Waals surface area (Å²) in [5.41, 5.74) is 1.19. The van der Waals surface area contributed by atoms with Crippen LogP contribution in [0.15, 0.2) is 110 Å². The summed E-state index contributed by atoms with van der Waals surface area (Å²) in [5.74, 6) is -4.09. The summed E-state index contributed by atoms with van der Waals surface area (Å²) in [6.45, 7) is 7.24. The van der Waals surface area contributed by atoms with Crippen LogP contribution in [-0.4, -0.2) is 104 Å². The average Bonchev–Trinajstić information content (AvgIpc) is 3.99. The molecule has 1 spiro atoms. The number of ether oxygens (including phenoxy) is 3.